The topological polar surface area (TPSA) is 152 Å². The Balaban J connectivity index is -0.000000502. The maximum atomic E-state index is 11.8. The standard InChI is InChI=1S/2C12H9NO.2C2H3N.2CNS.Co/c2*14-12(10-4-2-1-3-5-10)11-6-8-13-9-7-11;2*1-2-3;2*2-1-3;/h2*1-9H;2*1H3;;;/q;;;;2*-1;+2. The molecule has 0 unspecified atom stereocenters. The van der Waals surface area contributed by atoms with Gasteiger partial charge in [-0.3, -0.25) is 19.6 Å². The molecule has 0 fully saturated rings. The fraction of sp³-hybridized carbons (Fsp3) is 0.0667. The zero-order chi connectivity index (χ0) is 30.4. The van der Waals surface area contributed by atoms with Crippen molar-refractivity contribution in [1.29, 1.82) is 10.5 Å². The van der Waals surface area contributed by atoms with E-state index in [9.17, 15) is 9.59 Å². The number of aromatic nitrogens is 2. The summed E-state index contributed by atoms with van der Waals surface area (Å²) in [7, 11) is 0. The smallest absolute Gasteiger partial charge is 0.753 e. The van der Waals surface area contributed by atoms with Crippen molar-refractivity contribution in [3.63, 3.8) is 0 Å². The van der Waals surface area contributed by atoms with Crippen LogP contribution in [0.1, 0.15) is 45.7 Å². The van der Waals surface area contributed by atoms with E-state index in [1.165, 1.54) is 24.2 Å². The van der Waals surface area contributed by atoms with Gasteiger partial charge in [-0.15, -0.1) is 0 Å². The first-order valence-electron chi connectivity index (χ1n) is 11.1. The predicted octanol–water partition coefficient (Wildman–Crippen LogP) is 7.00. The van der Waals surface area contributed by atoms with Crippen LogP contribution in [0.2, 0.25) is 0 Å². The monoisotopic (exact) mass is 623 g/mol. The van der Waals surface area contributed by atoms with Gasteiger partial charge in [-0.05, 0) is 24.3 Å². The number of carbonyl (C=O) groups excluding carboxylic acids is 2. The van der Waals surface area contributed by atoms with Gasteiger partial charge in [0.15, 0.2) is 11.6 Å². The van der Waals surface area contributed by atoms with Gasteiger partial charge in [0.25, 0.3) is 0 Å². The first-order valence-corrected chi connectivity index (χ1v) is 11.9. The molecule has 0 saturated carbocycles. The Morgan fingerprint density at radius 1 is 0.585 bits per heavy atom. The Morgan fingerprint density at radius 2 is 0.780 bits per heavy atom. The molecular formula is C30H24CoN6O2S2. The van der Waals surface area contributed by atoms with E-state index < -0.39 is 0 Å². The normalized spacial score (nSPS) is 7.41. The molecule has 0 aliphatic heterocycles. The summed E-state index contributed by atoms with van der Waals surface area (Å²) >= 11 is 7.40. The van der Waals surface area contributed by atoms with Gasteiger partial charge in [-0.2, -0.15) is 20.8 Å². The minimum Gasteiger partial charge on any atom is -0.753 e. The third kappa shape index (κ3) is 20.8. The van der Waals surface area contributed by atoms with Crippen LogP contribution in [0.3, 0.4) is 0 Å². The molecule has 0 atom stereocenters. The molecule has 11 heteroatoms. The number of nitrogens with zero attached hydrogens (tertiary/aromatic N) is 6. The Kier molecular flexibility index (Phi) is 29.5. The number of hydrogen-bond donors (Lipinski definition) is 0. The number of isothiocyanates is 2. The van der Waals surface area contributed by atoms with E-state index in [2.05, 4.69) is 34.4 Å². The maximum absolute atomic E-state index is 11.8. The minimum absolute atomic E-state index is 0. The van der Waals surface area contributed by atoms with Gasteiger partial charge < -0.3 is 10.8 Å². The summed E-state index contributed by atoms with van der Waals surface area (Å²) in [5, 5.41) is 31.6. The number of nitriles is 2. The van der Waals surface area contributed by atoms with E-state index >= 15 is 0 Å². The van der Waals surface area contributed by atoms with Crippen LogP contribution in [0.5, 0.6) is 0 Å². The van der Waals surface area contributed by atoms with Crippen LogP contribution in [-0.4, -0.2) is 31.9 Å². The molecule has 0 amide bonds. The van der Waals surface area contributed by atoms with Crippen LogP contribution in [0, 0.1) is 22.7 Å². The third-order valence-corrected chi connectivity index (χ3v) is 3.96. The Hall–Kier alpha value is -4.83. The molecule has 0 saturated heterocycles. The molecule has 2 aromatic heterocycles. The van der Waals surface area contributed by atoms with E-state index in [1.807, 2.05) is 60.7 Å². The molecule has 41 heavy (non-hydrogen) atoms. The molecule has 4 rings (SSSR count). The van der Waals surface area contributed by atoms with Crippen molar-refractivity contribution >= 4 is 46.3 Å². The first kappa shape index (κ1) is 40.7. The van der Waals surface area contributed by atoms with Crippen molar-refractivity contribution in [3.05, 3.63) is 143 Å². The predicted molar refractivity (Wildman–Crippen MR) is 163 cm³/mol. The van der Waals surface area contributed by atoms with Gasteiger partial charge in [0.2, 0.25) is 0 Å². The van der Waals surface area contributed by atoms with Crippen LogP contribution >= 0.6 is 24.4 Å². The third-order valence-electron chi connectivity index (χ3n) is 3.96. The van der Waals surface area contributed by atoms with E-state index in [-0.39, 0.29) is 28.3 Å². The second-order valence-electron chi connectivity index (χ2n) is 6.49. The maximum Gasteiger partial charge on any atom is 2.00 e. The average molecular weight is 624 g/mol. The van der Waals surface area contributed by atoms with Crippen molar-refractivity contribution in [3.8, 4) is 12.1 Å². The summed E-state index contributed by atoms with van der Waals surface area (Å²) in [5.41, 5.74) is 2.76. The van der Waals surface area contributed by atoms with Gasteiger partial charge in [-0.1, -0.05) is 85.1 Å². The molecule has 2 heterocycles. The fourth-order valence-corrected chi connectivity index (χ4v) is 2.52. The zero-order valence-corrected chi connectivity index (χ0v) is 24.7. The Morgan fingerprint density at radius 3 is 1.00 bits per heavy atom. The number of benzene rings is 2. The Bertz CT molecular complexity index is 1210. The molecule has 0 N–H and O–H groups in total. The number of carbonyl (C=O) groups is 2. The molecule has 8 nitrogen and oxygen atoms in total. The Labute approximate surface area is 261 Å². The van der Waals surface area contributed by atoms with Crippen molar-refractivity contribution in [1.82, 2.24) is 9.97 Å². The van der Waals surface area contributed by atoms with Crippen molar-refractivity contribution in [2.24, 2.45) is 0 Å². The van der Waals surface area contributed by atoms with E-state index in [1.54, 1.807) is 61.2 Å². The van der Waals surface area contributed by atoms with Crippen LogP contribution in [0.15, 0.2) is 110 Å². The van der Waals surface area contributed by atoms with Gasteiger partial charge in [0.05, 0.1) is 12.1 Å². The number of pyridine rings is 2. The van der Waals surface area contributed by atoms with E-state index in [0.29, 0.717) is 22.3 Å². The van der Waals surface area contributed by atoms with Crippen molar-refractivity contribution < 1.29 is 26.4 Å². The zero-order valence-electron chi connectivity index (χ0n) is 22.0. The van der Waals surface area contributed by atoms with Gasteiger partial charge >= 0.3 is 16.8 Å². The molecule has 4 aromatic rings. The SMILES string of the molecule is CC#N.CC#N.O=C(c1ccccc1)c1ccncc1.O=C(c1ccccc1)c1ccncc1.[Co+2].[N-]=C=S.[N-]=C=S. The van der Waals surface area contributed by atoms with Crippen molar-refractivity contribution in [2.45, 2.75) is 13.8 Å². The van der Waals surface area contributed by atoms with Gasteiger partial charge in [0, 0.05) is 60.9 Å². The second-order valence-corrected chi connectivity index (χ2v) is 6.86. The number of thiocarbonyl (C=S) groups is 2. The fourth-order valence-electron chi connectivity index (χ4n) is 2.52. The van der Waals surface area contributed by atoms with Crippen LogP contribution in [0.4, 0.5) is 0 Å². The molecule has 1 radical (unpaired) electrons. The summed E-state index contributed by atoms with van der Waals surface area (Å²) in [4.78, 5) is 31.4. The summed E-state index contributed by atoms with van der Waals surface area (Å²) in [6.45, 7) is 2.86. The first-order chi connectivity index (χ1) is 19.4. The number of hydrogen-bond acceptors (Lipinski definition) is 8. The molecule has 0 bridgehead atoms. The summed E-state index contributed by atoms with van der Waals surface area (Å²) < 4.78 is 0. The average Bonchev–Trinajstić information content (AvgIpc) is 3.00. The van der Waals surface area contributed by atoms with Crippen LogP contribution in [0.25, 0.3) is 10.8 Å². The summed E-state index contributed by atoms with van der Waals surface area (Å²) in [6, 6.07) is 28.8. The molecule has 0 aliphatic carbocycles. The largest absolute Gasteiger partial charge is 2.00 e. The molecule has 207 valence electrons. The number of rotatable bonds is 4. The molecule has 0 aliphatic rings. The van der Waals surface area contributed by atoms with Crippen LogP contribution < -0.4 is 0 Å². The molecular weight excluding hydrogens is 599 g/mol. The van der Waals surface area contributed by atoms with Gasteiger partial charge in [-0.25, -0.2) is 0 Å². The molecule has 0 spiro atoms. The quantitative estimate of drug-likeness (QED) is 0.134. The number of ketones is 2. The van der Waals surface area contributed by atoms with E-state index in [4.69, 9.17) is 21.3 Å². The molecule has 2 aromatic carbocycles. The van der Waals surface area contributed by atoms with Crippen LogP contribution in [-0.2, 0) is 16.8 Å². The second kappa shape index (κ2) is 29.7. The summed E-state index contributed by atoms with van der Waals surface area (Å²) in [5.74, 6) is 0.0704. The minimum atomic E-state index is 0. The van der Waals surface area contributed by atoms with Crippen molar-refractivity contribution in [2.75, 3.05) is 0 Å². The van der Waals surface area contributed by atoms with E-state index in [0.717, 1.165) is 0 Å². The van der Waals surface area contributed by atoms with Gasteiger partial charge in [0.1, 0.15) is 0 Å². The summed E-state index contributed by atoms with van der Waals surface area (Å²) in [6.07, 6.45) is 6.48.